The Labute approximate surface area is 77.6 Å². The van der Waals surface area contributed by atoms with Gasteiger partial charge in [-0.15, -0.1) is 10.2 Å². The summed E-state index contributed by atoms with van der Waals surface area (Å²) < 4.78 is 0. The van der Waals surface area contributed by atoms with Crippen LogP contribution in [0.4, 0.5) is 9.93 Å². The van der Waals surface area contributed by atoms with Crippen molar-refractivity contribution in [2.24, 2.45) is 0 Å². The van der Waals surface area contributed by atoms with Gasteiger partial charge in [-0.25, -0.2) is 9.69 Å². The molecule has 1 N–H and O–H groups in total. The molecule has 1 fully saturated rings. The van der Waals surface area contributed by atoms with Crippen LogP contribution < -0.4 is 10.2 Å². The van der Waals surface area contributed by atoms with E-state index in [0.717, 1.165) is 16.2 Å². The molecular formula is C6H6N4O2S. The van der Waals surface area contributed by atoms with Crippen molar-refractivity contribution in [1.29, 1.82) is 0 Å². The summed E-state index contributed by atoms with van der Waals surface area (Å²) in [7, 11) is 0. The average Bonchev–Trinajstić information content (AvgIpc) is 2.63. The monoisotopic (exact) mass is 198 g/mol. The third kappa shape index (κ3) is 1.17. The molecule has 1 aliphatic rings. The van der Waals surface area contributed by atoms with Gasteiger partial charge in [0.25, 0.3) is 5.91 Å². The van der Waals surface area contributed by atoms with Gasteiger partial charge in [-0.2, -0.15) is 0 Å². The molecule has 1 unspecified atom stereocenters. The lowest BCUT2D eigenvalue weighted by molar-refractivity contribution is -0.117. The van der Waals surface area contributed by atoms with E-state index in [9.17, 15) is 9.59 Å². The second kappa shape index (κ2) is 2.77. The molecular weight excluding hydrogens is 192 g/mol. The number of anilines is 1. The molecule has 0 radical (unpaired) electrons. The van der Waals surface area contributed by atoms with E-state index in [1.54, 1.807) is 6.92 Å². The minimum atomic E-state index is -0.476. The highest BCUT2D eigenvalue weighted by atomic mass is 32.1. The maximum Gasteiger partial charge on any atom is 0.331 e. The molecule has 2 rings (SSSR count). The van der Waals surface area contributed by atoms with Gasteiger partial charge in [-0.3, -0.25) is 4.79 Å². The summed E-state index contributed by atoms with van der Waals surface area (Å²) in [6.07, 6.45) is 0. The Kier molecular flexibility index (Phi) is 1.73. The van der Waals surface area contributed by atoms with Crippen LogP contribution in [0.1, 0.15) is 6.92 Å². The number of carbonyl (C=O) groups excluding carboxylic acids is 2. The molecule has 1 aromatic heterocycles. The summed E-state index contributed by atoms with van der Waals surface area (Å²) in [6.45, 7) is 1.63. The lowest BCUT2D eigenvalue weighted by Crippen LogP contribution is -2.30. The third-order valence-electron chi connectivity index (χ3n) is 1.67. The van der Waals surface area contributed by atoms with Gasteiger partial charge < -0.3 is 5.32 Å². The summed E-state index contributed by atoms with van der Waals surface area (Å²) in [6, 6.07) is -0.911. The minimum absolute atomic E-state index is 0.290. The first-order chi connectivity index (χ1) is 6.20. The number of aromatic nitrogens is 2. The fourth-order valence-corrected chi connectivity index (χ4v) is 1.61. The summed E-state index contributed by atoms with van der Waals surface area (Å²) in [5, 5.41) is 9.99. The lowest BCUT2D eigenvalue weighted by atomic mass is 10.3. The summed E-state index contributed by atoms with van der Waals surface area (Å²) in [5.74, 6) is -0.290. The molecule has 7 heteroatoms. The van der Waals surface area contributed by atoms with Crippen LogP contribution in [0.2, 0.25) is 0 Å². The summed E-state index contributed by atoms with van der Waals surface area (Å²) in [5.41, 5.74) is 1.47. The topological polar surface area (TPSA) is 75.2 Å². The van der Waals surface area contributed by atoms with Crippen LogP contribution in [0.25, 0.3) is 0 Å². The number of nitrogens with zero attached hydrogens (tertiary/aromatic N) is 3. The van der Waals surface area contributed by atoms with E-state index in [0.29, 0.717) is 5.13 Å². The van der Waals surface area contributed by atoms with Crippen LogP contribution in [0.3, 0.4) is 0 Å². The zero-order chi connectivity index (χ0) is 9.42. The van der Waals surface area contributed by atoms with Crippen LogP contribution >= 0.6 is 11.3 Å². The first kappa shape index (κ1) is 8.11. The molecule has 1 atom stereocenters. The minimum Gasteiger partial charge on any atom is -0.326 e. The first-order valence-corrected chi connectivity index (χ1v) is 4.49. The lowest BCUT2D eigenvalue weighted by Gasteiger charge is -2.05. The van der Waals surface area contributed by atoms with E-state index in [1.807, 2.05) is 0 Å². The zero-order valence-electron chi connectivity index (χ0n) is 6.72. The normalized spacial score (nSPS) is 22.2. The number of hydrogen-bond acceptors (Lipinski definition) is 5. The first-order valence-electron chi connectivity index (χ1n) is 3.61. The van der Waals surface area contributed by atoms with E-state index in [2.05, 4.69) is 15.5 Å². The molecule has 3 amide bonds. The van der Waals surface area contributed by atoms with Gasteiger partial charge in [0, 0.05) is 0 Å². The SMILES string of the molecule is CC1NC(=O)N(c2nncs2)C1=O. The molecule has 1 saturated heterocycles. The van der Waals surface area contributed by atoms with Gasteiger partial charge in [-0.05, 0) is 6.92 Å². The van der Waals surface area contributed by atoms with Crippen LogP contribution in [-0.4, -0.2) is 28.2 Å². The molecule has 13 heavy (non-hydrogen) atoms. The van der Waals surface area contributed by atoms with E-state index in [4.69, 9.17) is 0 Å². The van der Waals surface area contributed by atoms with Crippen molar-refractivity contribution in [3.05, 3.63) is 5.51 Å². The fourth-order valence-electron chi connectivity index (χ4n) is 1.05. The fraction of sp³-hybridized carbons (Fsp3) is 0.333. The maximum atomic E-state index is 11.4. The van der Waals surface area contributed by atoms with Crippen molar-refractivity contribution in [2.75, 3.05) is 4.90 Å². The van der Waals surface area contributed by atoms with Gasteiger partial charge >= 0.3 is 6.03 Å². The zero-order valence-corrected chi connectivity index (χ0v) is 7.54. The number of rotatable bonds is 1. The van der Waals surface area contributed by atoms with Crippen molar-refractivity contribution in [3.63, 3.8) is 0 Å². The Hall–Kier alpha value is -1.50. The molecule has 0 bridgehead atoms. The standard InChI is InChI=1S/C6H6N4O2S/c1-3-4(11)10(5(12)8-3)6-9-7-2-13-6/h2-3H,1H3,(H,8,12). The average molecular weight is 198 g/mol. The second-order valence-electron chi connectivity index (χ2n) is 2.57. The van der Waals surface area contributed by atoms with E-state index < -0.39 is 12.1 Å². The van der Waals surface area contributed by atoms with Crippen LogP contribution in [0.15, 0.2) is 5.51 Å². The number of nitrogens with one attached hydrogen (secondary N) is 1. The molecule has 1 aliphatic heterocycles. The van der Waals surface area contributed by atoms with E-state index in [-0.39, 0.29) is 5.91 Å². The van der Waals surface area contributed by atoms with Crippen molar-refractivity contribution in [2.45, 2.75) is 13.0 Å². The Morgan fingerprint density at radius 2 is 2.38 bits per heavy atom. The Morgan fingerprint density at radius 3 is 2.85 bits per heavy atom. The third-order valence-corrected chi connectivity index (χ3v) is 2.35. The molecule has 0 saturated carbocycles. The summed E-state index contributed by atoms with van der Waals surface area (Å²) >= 11 is 1.15. The van der Waals surface area contributed by atoms with Gasteiger partial charge in [0.2, 0.25) is 5.13 Å². The molecule has 0 aromatic carbocycles. The Morgan fingerprint density at radius 1 is 1.62 bits per heavy atom. The predicted molar refractivity (Wildman–Crippen MR) is 45.4 cm³/mol. The van der Waals surface area contributed by atoms with Gasteiger partial charge in [-0.1, -0.05) is 11.3 Å². The second-order valence-corrected chi connectivity index (χ2v) is 3.38. The van der Waals surface area contributed by atoms with Crippen molar-refractivity contribution in [3.8, 4) is 0 Å². The van der Waals surface area contributed by atoms with Crippen LogP contribution in [-0.2, 0) is 4.79 Å². The number of hydrogen-bond donors (Lipinski definition) is 1. The highest BCUT2D eigenvalue weighted by Gasteiger charge is 2.37. The molecule has 68 valence electrons. The molecule has 1 aromatic rings. The van der Waals surface area contributed by atoms with Crippen molar-refractivity contribution in [1.82, 2.24) is 15.5 Å². The highest BCUT2D eigenvalue weighted by molar-refractivity contribution is 7.13. The molecule has 0 aliphatic carbocycles. The van der Waals surface area contributed by atoms with Gasteiger partial charge in [0.1, 0.15) is 11.6 Å². The predicted octanol–water partition coefficient (Wildman–Crippen LogP) is -0.0172. The maximum absolute atomic E-state index is 11.4. The largest absolute Gasteiger partial charge is 0.331 e. The van der Waals surface area contributed by atoms with Gasteiger partial charge in [0.15, 0.2) is 0 Å². The van der Waals surface area contributed by atoms with Crippen LogP contribution in [0, 0.1) is 0 Å². The summed E-state index contributed by atoms with van der Waals surface area (Å²) in [4.78, 5) is 23.6. The highest BCUT2D eigenvalue weighted by Crippen LogP contribution is 2.19. The Balaban J connectivity index is 2.34. The van der Waals surface area contributed by atoms with Gasteiger partial charge in [0.05, 0.1) is 0 Å². The number of imide groups is 1. The number of urea groups is 1. The smallest absolute Gasteiger partial charge is 0.326 e. The van der Waals surface area contributed by atoms with Crippen molar-refractivity contribution < 1.29 is 9.59 Å². The van der Waals surface area contributed by atoms with Crippen molar-refractivity contribution >= 4 is 28.4 Å². The Bertz CT molecular complexity index is 350. The number of carbonyl (C=O) groups is 2. The molecule has 6 nitrogen and oxygen atoms in total. The number of amides is 3. The van der Waals surface area contributed by atoms with E-state index in [1.165, 1.54) is 5.51 Å². The molecule has 0 spiro atoms. The molecule has 2 heterocycles. The quantitative estimate of drug-likeness (QED) is 0.643. The van der Waals surface area contributed by atoms with E-state index >= 15 is 0 Å². The van der Waals surface area contributed by atoms with Crippen LogP contribution in [0.5, 0.6) is 0 Å².